The minimum absolute atomic E-state index is 0.00352. The van der Waals surface area contributed by atoms with Gasteiger partial charge < -0.3 is 23.4 Å². The highest BCUT2D eigenvalue weighted by Crippen LogP contribution is 2.17. The third kappa shape index (κ3) is 2.04. The Morgan fingerprint density at radius 1 is 1.46 bits per heavy atom. The van der Waals surface area contributed by atoms with Gasteiger partial charge in [0.05, 0.1) is 12.8 Å². The quantitative estimate of drug-likeness (QED) is 0.700. The lowest BCUT2D eigenvalue weighted by atomic mass is 9.81. The highest BCUT2D eigenvalue weighted by molar-refractivity contribution is 6.73. The number of nitrogens with zero attached hydrogens (tertiary/aromatic N) is 1. The van der Waals surface area contributed by atoms with Gasteiger partial charge in [-0.2, -0.15) is 0 Å². The van der Waals surface area contributed by atoms with Crippen molar-refractivity contribution >= 4 is 18.1 Å². The Morgan fingerprint density at radius 3 is 2.46 bits per heavy atom. The van der Waals surface area contributed by atoms with Crippen LogP contribution in [0.2, 0.25) is 0 Å². The molecular formula is C6H7BF3N2O-. The lowest BCUT2D eigenvalue weighted by Gasteiger charge is -2.15. The second-order valence-electron chi connectivity index (χ2n) is 2.44. The van der Waals surface area contributed by atoms with Crippen LogP contribution in [-0.2, 0) is 0 Å². The maximum absolute atomic E-state index is 12.1. The van der Waals surface area contributed by atoms with E-state index >= 15 is 0 Å². The molecule has 0 unspecified atom stereocenters. The molecule has 1 aromatic rings. The zero-order chi connectivity index (χ0) is 10.1. The molecule has 0 aromatic carbocycles. The van der Waals surface area contributed by atoms with E-state index in [-0.39, 0.29) is 11.6 Å². The molecule has 0 saturated carbocycles. The molecule has 0 atom stereocenters. The molecule has 0 aliphatic rings. The summed E-state index contributed by atoms with van der Waals surface area (Å²) in [6.45, 7) is -5.04. The number of nitrogens with two attached hydrogens (primary N) is 1. The Bertz CT molecular complexity index is 315. The molecule has 0 aliphatic heterocycles. The number of pyridine rings is 1. The summed E-state index contributed by atoms with van der Waals surface area (Å²) in [5.74, 6) is 0.00352. The Morgan fingerprint density at radius 2 is 2.08 bits per heavy atom. The molecule has 1 heterocycles. The molecule has 0 fully saturated rings. The van der Waals surface area contributed by atoms with Crippen molar-refractivity contribution in [3.8, 4) is 5.88 Å². The van der Waals surface area contributed by atoms with Crippen molar-refractivity contribution in [2.24, 2.45) is 0 Å². The van der Waals surface area contributed by atoms with E-state index < -0.39 is 12.4 Å². The zero-order valence-electron chi connectivity index (χ0n) is 6.80. The van der Waals surface area contributed by atoms with E-state index in [0.717, 1.165) is 6.07 Å². The number of hydrogen-bond acceptors (Lipinski definition) is 3. The van der Waals surface area contributed by atoms with Gasteiger partial charge >= 0.3 is 6.98 Å². The molecule has 0 saturated heterocycles. The number of rotatable bonds is 2. The third-order valence-corrected chi connectivity index (χ3v) is 1.47. The Hall–Kier alpha value is -1.40. The number of hydrogen-bond donors (Lipinski definition) is 1. The van der Waals surface area contributed by atoms with Crippen LogP contribution in [0.1, 0.15) is 0 Å². The van der Waals surface area contributed by atoms with Gasteiger partial charge in [-0.25, -0.2) is 4.98 Å². The smallest absolute Gasteiger partial charge is 0.480 e. The van der Waals surface area contributed by atoms with Gasteiger partial charge in [-0.15, -0.1) is 0 Å². The molecule has 0 aliphatic carbocycles. The molecule has 0 spiro atoms. The van der Waals surface area contributed by atoms with Crippen molar-refractivity contribution in [3.63, 3.8) is 0 Å². The van der Waals surface area contributed by atoms with Crippen molar-refractivity contribution in [1.82, 2.24) is 4.98 Å². The first-order chi connectivity index (χ1) is 5.95. The highest BCUT2D eigenvalue weighted by Gasteiger charge is 2.26. The summed E-state index contributed by atoms with van der Waals surface area (Å²) in [5, 5.41) is 0. The summed E-state index contributed by atoms with van der Waals surface area (Å²) in [6.07, 6.45) is 0.704. The Kier molecular flexibility index (Phi) is 2.35. The van der Waals surface area contributed by atoms with Crippen LogP contribution in [0.5, 0.6) is 5.88 Å². The van der Waals surface area contributed by atoms with Gasteiger partial charge in [0.15, 0.2) is 0 Å². The van der Waals surface area contributed by atoms with Gasteiger partial charge in [-0.05, 0) is 0 Å². The first-order valence-corrected chi connectivity index (χ1v) is 3.44. The molecule has 3 nitrogen and oxygen atoms in total. The van der Waals surface area contributed by atoms with E-state index in [9.17, 15) is 12.9 Å². The number of halogens is 3. The Labute approximate surface area is 72.8 Å². The molecule has 7 heteroatoms. The van der Waals surface area contributed by atoms with Crippen molar-refractivity contribution in [3.05, 3.63) is 12.3 Å². The first kappa shape index (κ1) is 9.69. The van der Waals surface area contributed by atoms with Crippen LogP contribution >= 0.6 is 0 Å². The third-order valence-electron chi connectivity index (χ3n) is 1.47. The molecule has 72 valence electrons. The summed E-state index contributed by atoms with van der Waals surface area (Å²) < 4.78 is 41.0. The van der Waals surface area contributed by atoms with E-state index in [0.29, 0.717) is 6.20 Å². The fraction of sp³-hybridized carbons (Fsp3) is 0.167. The number of aromatic nitrogens is 1. The second-order valence-corrected chi connectivity index (χ2v) is 2.44. The Balaban J connectivity index is 3.10. The van der Waals surface area contributed by atoms with E-state index in [1.54, 1.807) is 0 Å². The van der Waals surface area contributed by atoms with Crippen LogP contribution in [0.15, 0.2) is 12.3 Å². The van der Waals surface area contributed by atoms with Crippen LogP contribution in [0.25, 0.3) is 0 Å². The molecule has 0 radical (unpaired) electrons. The predicted molar refractivity (Wildman–Crippen MR) is 43.9 cm³/mol. The molecule has 13 heavy (non-hydrogen) atoms. The maximum Gasteiger partial charge on any atom is 0.511 e. The second kappa shape index (κ2) is 3.16. The minimum atomic E-state index is -5.04. The topological polar surface area (TPSA) is 48.1 Å². The normalized spacial score (nSPS) is 11.4. The van der Waals surface area contributed by atoms with Gasteiger partial charge in [0.2, 0.25) is 5.88 Å². The van der Waals surface area contributed by atoms with Gasteiger partial charge in [-0.3, -0.25) is 0 Å². The lowest BCUT2D eigenvalue weighted by molar-refractivity contribution is 0.400. The number of nitrogen functional groups attached to an aromatic ring is 1. The molecular weight excluding hydrogens is 184 g/mol. The summed E-state index contributed by atoms with van der Waals surface area (Å²) in [6, 6.07) is 0.811. The van der Waals surface area contributed by atoms with Crippen molar-refractivity contribution in [2.45, 2.75) is 0 Å². The van der Waals surface area contributed by atoms with Gasteiger partial charge in [0.25, 0.3) is 0 Å². The molecule has 0 bridgehead atoms. The largest absolute Gasteiger partial charge is 0.511 e. The molecule has 1 aromatic heterocycles. The van der Waals surface area contributed by atoms with Crippen LogP contribution < -0.4 is 15.9 Å². The van der Waals surface area contributed by atoms with E-state index in [1.807, 2.05) is 0 Å². The summed E-state index contributed by atoms with van der Waals surface area (Å²) in [5.41, 5.74) is 4.32. The standard InChI is InChI=1S/C6H7BF3N2O/c1-13-6-5(11)2-4(3-12-6)7(8,9)10/h2-3H,11H2,1H3/q-1. The fourth-order valence-corrected chi connectivity index (χ4v) is 0.836. The van der Waals surface area contributed by atoms with E-state index in [4.69, 9.17) is 5.73 Å². The van der Waals surface area contributed by atoms with E-state index in [1.165, 1.54) is 7.11 Å². The molecule has 0 amide bonds. The summed E-state index contributed by atoms with van der Waals surface area (Å²) >= 11 is 0. The van der Waals surface area contributed by atoms with Crippen molar-refractivity contribution < 1.29 is 17.7 Å². The monoisotopic (exact) mass is 191 g/mol. The van der Waals surface area contributed by atoms with Gasteiger partial charge in [0.1, 0.15) is 0 Å². The van der Waals surface area contributed by atoms with Crippen molar-refractivity contribution in [1.29, 1.82) is 0 Å². The minimum Gasteiger partial charge on any atom is -0.480 e. The lowest BCUT2D eigenvalue weighted by Crippen LogP contribution is -2.34. The van der Waals surface area contributed by atoms with Gasteiger partial charge in [0, 0.05) is 6.20 Å². The van der Waals surface area contributed by atoms with Gasteiger partial charge in [-0.1, -0.05) is 11.5 Å². The average Bonchev–Trinajstić information content (AvgIpc) is 2.02. The summed E-state index contributed by atoms with van der Waals surface area (Å²) in [4.78, 5) is 3.41. The zero-order valence-corrected chi connectivity index (χ0v) is 6.80. The van der Waals surface area contributed by atoms with Crippen molar-refractivity contribution in [2.75, 3.05) is 12.8 Å². The van der Waals surface area contributed by atoms with Crippen LogP contribution in [0.3, 0.4) is 0 Å². The van der Waals surface area contributed by atoms with Crippen LogP contribution in [0.4, 0.5) is 18.6 Å². The van der Waals surface area contributed by atoms with Crippen LogP contribution in [0, 0.1) is 0 Å². The highest BCUT2D eigenvalue weighted by atomic mass is 19.4. The number of methoxy groups -OCH3 is 1. The fourth-order valence-electron chi connectivity index (χ4n) is 0.836. The first-order valence-electron chi connectivity index (χ1n) is 3.44. The number of ether oxygens (including phenoxy) is 1. The molecule has 1 rings (SSSR count). The number of anilines is 1. The predicted octanol–water partition coefficient (Wildman–Crippen LogP) is 0.727. The van der Waals surface area contributed by atoms with E-state index in [2.05, 4.69) is 9.72 Å². The molecule has 2 N–H and O–H groups in total. The SMILES string of the molecule is COc1ncc([B-](F)(F)F)cc1N. The summed E-state index contributed by atoms with van der Waals surface area (Å²) in [7, 11) is 1.29. The maximum atomic E-state index is 12.1. The van der Waals surface area contributed by atoms with Crippen LogP contribution in [-0.4, -0.2) is 19.1 Å². The average molecular weight is 191 g/mol.